The fraction of sp³-hybridized carbons (Fsp3) is 0.385. The number of carboxylic acid groups (broad SMARTS) is 1. The van der Waals surface area contributed by atoms with Crippen LogP contribution in [0.1, 0.15) is 20.8 Å². The fourth-order valence-electron chi connectivity index (χ4n) is 0.308. The average molecular weight is 242 g/mol. The lowest BCUT2D eigenvalue weighted by Crippen LogP contribution is -2.06. The number of aliphatic carboxylic acids is 1. The zero-order valence-electron chi connectivity index (χ0n) is 10.9. The van der Waals surface area contributed by atoms with Crippen molar-refractivity contribution >= 4 is 11.9 Å². The van der Waals surface area contributed by atoms with E-state index in [9.17, 15) is 9.59 Å². The first kappa shape index (κ1) is 20.6. The van der Waals surface area contributed by atoms with Crippen molar-refractivity contribution in [1.82, 2.24) is 0 Å². The Morgan fingerprint density at radius 1 is 1.35 bits per heavy atom. The van der Waals surface area contributed by atoms with E-state index in [4.69, 9.17) is 9.84 Å². The molecule has 0 aliphatic heterocycles. The molecular weight excluding hydrogens is 220 g/mol. The van der Waals surface area contributed by atoms with Crippen LogP contribution in [0, 0.1) is 5.92 Å². The molecule has 0 aliphatic carbocycles. The van der Waals surface area contributed by atoms with E-state index in [1.54, 1.807) is 0 Å². The molecule has 0 unspecified atom stereocenters. The predicted octanol–water partition coefficient (Wildman–Crippen LogP) is 2.82. The van der Waals surface area contributed by atoms with Crippen LogP contribution in [0.4, 0.5) is 0 Å². The third-order valence-corrected chi connectivity index (χ3v) is 1.09. The molecule has 0 spiro atoms. The van der Waals surface area contributed by atoms with Gasteiger partial charge in [0.2, 0.25) is 0 Å². The Hall–Kier alpha value is -1.84. The van der Waals surface area contributed by atoms with Crippen molar-refractivity contribution in [1.29, 1.82) is 0 Å². The van der Waals surface area contributed by atoms with Crippen LogP contribution in [-0.4, -0.2) is 23.7 Å². The zero-order chi connectivity index (χ0) is 14.4. The Labute approximate surface area is 103 Å². The summed E-state index contributed by atoms with van der Waals surface area (Å²) in [5.41, 5.74) is 0.176. The van der Waals surface area contributed by atoms with E-state index in [-0.39, 0.29) is 11.5 Å². The molecule has 0 atom stereocenters. The maximum absolute atomic E-state index is 10.4. The Bertz CT molecular complexity index is 242. The molecule has 0 saturated carbocycles. The van der Waals surface area contributed by atoms with Crippen LogP contribution in [0.3, 0.4) is 0 Å². The highest BCUT2D eigenvalue weighted by atomic mass is 16.5. The second-order valence-corrected chi connectivity index (χ2v) is 3.31. The van der Waals surface area contributed by atoms with Gasteiger partial charge in [0.1, 0.15) is 0 Å². The van der Waals surface area contributed by atoms with E-state index in [0.29, 0.717) is 12.5 Å². The van der Waals surface area contributed by atoms with Gasteiger partial charge in [-0.15, -0.1) is 13.2 Å². The normalized spacial score (nSPS) is 7.76. The summed E-state index contributed by atoms with van der Waals surface area (Å²) >= 11 is 0. The van der Waals surface area contributed by atoms with Crippen LogP contribution in [-0.2, 0) is 14.3 Å². The summed E-state index contributed by atoms with van der Waals surface area (Å²) in [4.78, 5) is 20.0. The van der Waals surface area contributed by atoms with Crippen molar-refractivity contribution in [2.75, 3.05) is 6.61 Å². The largest absolute Gasteiger partial charge is 0.478 e. The summed E-state index contributed by atoms with van der Waals surface area (Å²) in [6, 6.07) is 0. The molecule has 0 aromatic heterocycles. The molecule has 0 aromatic rings. The molecule has 1 N–H and O–H groups in total. The van der Waals surface area contributed by atoms with Crippen LogP contribution in [0.25, 0.3) is 0 Å². The van der Waals surface area contributed by atoms with Gasteiger partial charge in [-0.3, -0.25) is 0 Å². The molecule has 4 heteroatoms. The van der Waals surface area contributed by atoms with Gasteiger partial charge in [0.15, 0.2) is 0 Å². The lowest BCUT2D eigenvalue weighted by atomic mass is 10.2. The number of carbonyl (C=O) groups excluding carboxylic acids is 1. The predicted molar refractivity (Wildman–Crippen MR) is 69.7 cm³/mol. The lowest BCUT2D eigenvalue weighted by Gasteiger charge is -2.02. The minimum absolute atomic E-state index is 0.176. The maximum atomic E-state index is 10.4. The second kappa shape index (κ2) is 14.2. The van der Waals surface area contributed by atoms with Crippen molar-refractivity contribution in [3.8, 4) is 0 Å². The summed E-state index contributed by atoms with van der Waals surface area (Å²) in [6.45, 7) is 18.3. The van der Waals surface area contributed by atoms with Crippen molar-refractivity contribution in [2.45, 2.75) is 20.8 Å². The molecule has 0 saturated heterocycles. The summed E-state index contributed by atoms with van der Waals surface area (Å²) in [7, 11) is 0. The average Bonchev–Trinajstić information content (AvgIpc) is 2.29. The number of carboxylic acids is 1. The molecule has 0 aromatic carbocycles. The van der Waals surface area contributed by atoms with Gasteiger partial charge in [-0.25, -0.2) is 9.59 Å². The van der Waals surface area contributed by atoms with Gasteiger partial charge in [0, 0.05) is 11.6 Å². The first-order chi connectivity index (χ1) is 7.81. The molecule has 0 radical (unpaired) electrons. The molecule has 0 aliphatic rings. The fourth-order valence-corrected chi connectivity index (χ4v) is 0.308. The van der Waals surface area contributed by atoms with E-state index in [0.717, 1.165) is 0 Å². The molecule has 0 fully saturated rings. The number of esters is 1. The minimum atomic E-state index is -0.935. The quantitative estimate of drug-likeness (QED) is 0.468. The van der Waals surface area contributed by atoms with Crippen molar-refractivity contribution in [2.24, 2.45) is 5.92 Å². The van der Waals surface area contributed by atoms with Crippen molar-refractivity contribution in [3.05, 3.63) is 38.0 Å². The smallest absolute Gasteiger partial charge is 0.330 e. The third kappa shape index (κ3) is 25.0. The summed E-state index contributed by atoms with van der Waals surface area (Å²) in [6.07, 6.45) is 1.17. The summed E-state index contributed by atoms with van der Waals surface area (Å²) in [5.74, 6) is -0.882. The number of rotatable bonds is 4. The number of carbonyl (C=O) groups is 2. The van der Waals surface area contributed by atoms with E-state index in [1.807, 2.05) is 13.8 Å². The van der Waals surface area contributed by atoms with E-state index in [2.05, 4.69) is 26.3 Å². The second-order valence-electron chi connectivity index (χ2n) is 3.31. The van der Waals surface area contributed by atoms with Gasteiger partial charge in [-0.05, 0) is 12.8 Å². The van der Waals surface area contributed by atoms with E-state index in [1.165, 1.54) is 13.0 Å². The van der Waals surface area contributed by atoms with Crippen molar-refractivity contribution < 1.29 is 19.4 Å². The molecule has 17 heavy (non-hydrogen) atoms. The monoisotopic (exact) mass is 242 g/mol. The van der Waals surface area contributed by atoms with Crippen LogP contribution >= 0.6 is 0 Å². The zero-order valence-corrected chi connectivity index (χ0v) is 10.9. The molecule has 0 heterocycles. The van der Waals surface area contributed by atoms with Crippen LogP contribution < -0.4 is 0 Å². The number of hydrogen-bond acceptors (Lipinski definition) is 3. The van der Waals surface area contributed by atoms with Crippen LogP contribution in [0.5, 0.6) is 0 Å². The third-order valence-electron chi connectivity index (χ3n) is 1.09. The van der Waals surface area contributed by atoms with Gasteiger partial charge in [-0.2, -0.15) is 0 Å². The molecule has 0 bridgehead atoms. The van der Waals surface area contributed by atoms with E-state index >= 15 is 0 Å². The number of hydrogen-bond donors (Lipinski definition) is 1. The Balaban J connectivity index is -0.000000213. The van der Waals surface area contributed by atoms with Crippen LogP contribution in [0.2, 0.25) is 0 Å². The summed E-state index contributed by atoms with van der Waals surface area (Å²) in [5, 5.41) is 7.89. The van der Waals surface area contributed by atoms with Crippen LogP contribution in [0.15, 0.2) is 38.0 Å². The van der Waals surface area contributed by atoms with Gasteiger partial charge >= 0.3 is 11.9 Å². The minimum Gasteiger partial charge on any atom is -0.478 e. The molecular formula is C13H22O4. The van der Waals surface area contributed by atoms with Gasteiger partial charge in [0.25, 0.3) is 0 Å². The summed E-state index contributed by atoms with van der Waals surface area (Å²) < 4.78 is 4.70. The highest BCUT2D eigenvalue weighted by Crippen LogP contribution is 1.92. The van der Waals surface area contributed by atoms with E-state index < -0.39 is 5.97 Å². The molecule has 98 valence electrons. The molecule has 0 rings (SSSR count). The van der Waals surface area contributed by atoms with Crippen molar-refractivity contribution in [3.63, 3.8) is 0 Å². The first-order valence-corrected chi connectivity index (χ1v) is 4.99. The van der Waals surface area contributed by atoms with Gasteiger partial charge in [0.05, 0.1) is 6.61 Å². The maximum Gasteiger partial charge on any atom is 0.330 e. The molecule has 4 nitrogen and oxygen atoms in total. The highest BCUT2D eigenvalue weighted by Gasteiger charge is 1.96. The SMILES string of the molecule is C=C.C=C(C)C(=O)O.C=CC(=O)OCC(C)C. The Morgan fingerprint density at radius 2 is 1.71 bits per heavy atom. The lowest BCUT2D eigenvalue weighted by molar-refractivity contribution is -0.138. The number of ether oxygens (including phenoxy) is 1. The van der Waals surface area contributed by atoms with Gasteiger partial charge < -0.3 is 9.84 Å². The topological polar surface area (TPSA) is 63.6 Å². The standard InChI is InChI=1S/C7H12O2.C4H6O2.C2H4/c1-4-7(8)9-5-6(2)3;1-3(2)4(5)6;1-2/h4,6H,1,5H2,2-3H3;1H2,2H3,(H,5,6);1-2H2. The first-order valence-electron chi connectivity index (χ1n) is 4.99. The molecule has 0 amide bonds. The van der Waals surface area contributed by atoms with Gasteiger partial charge in [-0.1, -0.05) is 27.0 Å². The Kier molecular flexibility index (Phi) is 17.1. The highest BCUT2D eigenvalue weighted by molar-refractivity contribution is 5.84. The Morgan fingerprint density at radius 3 is 1.88 bits per heavy atom.